The van der Waals surface area contributed by atoms with Gasteiger partial charge in [0.1, 0.15) is 0 Å². The molecule has 1 aromatic heterocycles. The number of thiazole rings is 1. The molecule has 4 rings (SSSR count). The van der Waals surface area contributed by atoms with E-state index in [1.165, 1.54) is 0 Å². The molecular weight excluding hydrogens is 358 g/mol. The number of likely N-dealkylation sites (tertiary alicyclic amines) is 1. The molecule has 1 aliphatic carbocycles. The number of benzene rings is 1. The maximum atomic E-state index is 12.7. The number of rotatable bonds is 5. The van der Waals surface area contributed by atoms with E-state index in [4.69, 9.17) is 4.98 Å². The van der Waals surface area contributed by atoms with Crippen molar-refractivity contribution in [3.05, 3.63) is 51.5 Å². The van der Waals surface area contributed by atoms with Crippen molar-refractivity contribution in [1.82, 2.24) is 15.2 Å². The molecule has 0 bridgehead atoms. The number of carbonyl (C=O) groups excluding carboxylic acids is 2. The molecule has 2 amide bonds. The van der Waals surface area contributed by atoms with Crippen LogP contribution in [0.25, 0.3) is 0 Å². The van der Waals surface area contributed by atoms with Crippen molar-refractivity contribution in [1.29, 1.82) is 0 Å². The lowest BCUT2D eigenvalue weighted by atomic mass is 9.97. The molecule has 1 N–H and O–H groups in total. The highest BCUT2D eigenvalue weighted by Gasteiger charge is 2.29. The summed E-state index contributed by atoms with van der Waals surface area (Å²) in [6.45, 7) is 4.07. The first-order valence-electron chi connectivity index (χ1n) is 9.68. The molecule has 1 aliphatic heterocycles. The smallest absolute Gasteiger partial charge is 0.253 e. The third-order valence-electron chi connectivity index (χ3n) is 5.36. The van der Waals surface area contributed by atoms with Crippen LogP contribution in [0.5, 0.6) is 0 Å². The van der Waals surface area contributed by atoms with Gasteiger partial charge in [-0.05, 0) is 44.7 Å². The second-order valence-electron chi connectivity index (χ2n) is 7.61. The Morgan fingerprint density at radius 1 is 1.22 bits per heavy atom. The van der Waals surface area contributed by atoms with Crippen LogP contribution < -0.4 is 5.32 Å². The summed E-state index contributed by atoms with van der Waals surface area (Å²) in [6.07, 6.45) is 3.93. The molecule has 27 heavy (non-hydrogen) atoms. The molecule has 2 aliphatic rings. The number of nitrogens with one attached hydrogen (secondary N) is 1. The average molecular weight is 384 g/mol. The summed E-state index contributed by atoms with van der Waals surface area (Å²) in [5, 5.41) is 6.16. The topological polar surface area (TPSA) is 62.3 Å². The Hall–Kier alpha value is -2.21. The second kappa shape index (κ2) is 7.80. The predicted octanol–water partition coefficient (Wildman–Crippen LogP) is 3.50. The highest BCUT2D eigenvalue weighted by molar-refractivity contribution is 7.09. The molecule has 2 aromatic rings. The van der Waals surface area contributed by atoms with Crippen molar-refractivity contribution < 1.29 is 9.59 Å². The summed E-state index contributed by atoms with van der Waals surface area (Å²) in [5.41, 5.74) is 2.83. The minimum atomic E-state index is 0.125. The van der Waals surface area contributed by atoms with Crippen LogP contribution in [-0.4, -0.2) is 34.8 Å². The molecule has 5 nitrogen and oxygen atoms in total. The first-order chi connectivity index (χ1) is 13.1. The molecular formula is C21H25N3O2S. The second-order valence-corrected chi connectivity index (χ2v) is 8.49. The molecule has 1 saturated carbocycles. The lowest BCUT2D eigenvalue weighted by molar-refractivity contribution is -0.122. The average Bonchev–Trinajstić information content (AvgIpc) is 3.44. The minimum absolute atomic E-state index is 0.125. The van der Waals surface area contributed by atoms with Gasteiger partial charge in [0, 0.05) is 35.9 Å². The van der Waals surface area contributed by atoms with Gasteiger partial charge in [-0.1, -0.05) is 17.7 Å². The Kier molecular flexibility index (Phi) is 5.25. The van der Waals surface area contributed by atoms with Gasteiger partial charge in [0.15, 0.2) is 0 Å². The SMILES string of the molecule is Cc1cccc(C(=O)N2CCC(c3nc(CNC(=O)C4CC4)cs3)CC2)c1. The zero-order chi connectivity index (χ0) is 18.8. The Balaban J connectivity index is 1.30. The van der Waals surface area contributed by atoms with Gasteiger partial charge in [0.2, 0.25) is 5.91 Å². The van der Waals surface area contributed by atoms with Gasteiger partial charge >= 0.3 is 0 Å². The third kappa shape index (κ3) is 4.38. The summed E-state index contributed by atoms with van der Waals surface area (Å²) >= 11 is 1.67. The quantitative estimate of drug-likeness (QED) is 0.860. The van der Waals surface area contributed by atoms with Crippen LogP contribution >= 0.6 is 11.3 Å². The molecule has 142 valence electrons. The maximum absolute atomic E-state index is 12.7. The summed E-state index contributed by atoms with van der Waals surface area (Å²) in [6, 6.07) is 7.80. The van der Waals surface area contributed by atoms with Crippen LogP contribution in [0.3, 0.4) is 0 Å². The van der Waals surface area contributed by atoms with E-state index < -0.39 is 0 Å². The standard InChI is InChI=1S/C21H25N3O2S/c1-14-3-2-4-17(11-14)21(26)24-9-7-16(8-10-24)20-23-18(13-27-20)12-22-19(25)15-5-6-15/h2-4,11,13,15-16H,5-10,12H2,1H3,(H,22,25). The van der Waals surface area contributed by atoms with E-state index in [2.05, 4.69) is 5.32 Å². The van der Waals surface area contributed by atoms with Crippen molar-refractivity contribution in [3.63, 3.8) is 0 Å². The number of aromatic nitrogens is 1. The third-order valence-corrected chi connectivity index (χ3v) is 6.41. The number of aryl methyl sites for hydroxylation is 1. The minimum Gasteiger partial charge on any atom is -0.350 e. The summed E-state index contributed by atoms with van der Waals surface area (Å²) in [7, 11) is 0. The molecule has 1 saturated heterocycles. The van der Waals surface area contributed by atoms with Crippen LogP contribution in [-0.2, 0) is 11.3 Å². The van der Waals surface area contributed by atoms with Crippen molar-refractivity contribution in [3.8, 4) is 0 Å². The fourth-order valence-electron chi connectivity index (χ4n) is 3.55. The van der Waals surface area contributed by atoms with Gasteiger partial charge < -0.3 is 10.2 Å². The highest BCUT2D eigenvalue weighted by Crippen LogP contribution is 2.31. The van der Waals surface area contributed by atoms with Crippen molar-refractivity contribution in [2.24, 2.45) is 5.92 Å². The van der Waals surface area contributed by atoms with E-state index in [1.54, 1.807) is 11.3 Å². The summed E-state index contributed by atoms with van der Waals surface area (Å²) in [4.78, 5) is 31.1. The number of hydrogen-bond acceptors (Lipinski definition) is 4. The maximum Gasteiger partial charge on any atom is 0.253 e. The van der Waals surface area contributed by atoms with Gasteiger partial charge in [0.25, 0.3) is 5.91 Å². The normalized spacial score (nSPS) is 17.7. The zero-order valence-electron chi connectivity index (χ0n) is 15.6. The van der Waals surface area contributed by atoms with Crippen molar-refractivity contribution in [2.75, 3.05) is 13.1 Å². The lowest BCUT2D eigenvalue weighted by Crippen LogP contribution is -2.37. The van der Waals surface area contributed by atoms with E-state index in [0.717, 1.165) is 60.6 Å². The van der Waals surface area contributed by atoms with Gasteiger partial charge in [0.05, 0.1) is 17.2 Å². The molecule has 0 radical (unpaired) electrons. The van der Waals surface area contributed by atoms with Crippen LogP contribution in [0.1, 0.15) is 58.2 Å². The van der Waals surface area contributed by atoms with Gasteiger partial charge in [-0.3, -0.25) is 9.59 Å². The van der Waals surface area contributed by atoms with Crippen LogP contribution in [0.4, 0.5) is 0 Å². The molecule has 2 heterocycles. The van der Waals surface area contributed by atoms with E-state index in [1.807, 2.05) is 41.5 Å². The van der Waals surface area contributed by atoms with Crippen molar-refractivity contribution in [2.45, 2.75) is 45.1 Å². The van der Waals surface area contributed by atoms with Crippen LogP contribution in [0.2, 0.25) is 0 Å². The number of amides is 2. The molecule has 0 unspecified atom stereocenters. The fourth-order valence-corrected chi connectivity index (χ4v) is 4.54. The summed E-state index contributed by atoms with van der Waals surface area (Å²) < 4.78 is 0. The summed E-state index contributed by atoms with van der Waals surface area (Å²) in [5.74, 6) is 0.926. The molecule has 6 heteroatoms. The number of carbonyl (C=O) groups is 2. The monoisotopic (exact) mass is 383 g/mol. The molecule has 1 aromatic carbocycles. The molecule has 0 spiro atoms. The van der Waals surface area contributed by atoms with Gasteiger partial charge in [-0.2, -0.15) is 0 Å². The Bertz CT molecular complexity index is 835. The van der Waals surface area contributed by atoms with Crippen LogP contribution in [0.15, 0.2) is 29.6 Å². The number of hydrogen-bond donors (Lipinski definition) is 1. The van der Waals surface area contributed by atoms with Gasteiger partial charge in [-0.15, -0.1) is 11.3 Å². The Labute approximate surface area is 163 Å². The molecule has 2 fully saturated rings. The van der Waals surface area contributed by atoms with E-state index in [-0.39, 0.29) is 17.7 Å². The van der Waals surface area contributed by atoms with Gasteiger partial charge in [-0.25, -0.2) is 4.98 Å². The zero-order valence-corrected chi connectivity index (χ0v) is 16.4. The Morgan fingerprint density at radius 2 is 2.00 bits per heavy atom. The van der Waals surface area contributed by atoms with E-state index >= 15 is 0 Å². The lowest BCUT2D eigenvalue weighted by Gasteiger charge is -2.31. The Morgan fingerprint density at radius 3 is 2.70 bits per heavy atom. The number of piperidine rings is 1. The first-order valence-corrected chi connectivity index (χ1v) is 10.6. The van der Waals surface area contributed by atoms with E-state index in [9.17, 15) is 9.59 Å². The van der Waals surface area contributed by atoms with E-state index in [0.29, 0.717) is 12.5 Å². The predicted molar refractivity (Wildman–Crippen MR) is 106 cm³/mol. The fraction of sp³-hybridized carbons (Fsp3) is 0.476. The van der Waals surface area contributed by atoms with Crippen LogP contribution in [0, 0.1) is 12.8 Å². The number of nitrogens with zero attached hydrogens (tertiary/aromatic N) is 2. The first kappa shape index (κ1) is 18.2. The largest absolute Gasteiger partial charge is 0.350 e. The highest BCUT2D eigenvalue weighted by atomic mass is 32.1. The molecule has 0 atom stereocenters. The van der Waals surface area contributed by atoms with Crippen molar-refractivity contribution >= 4 is 23.2 Å².